The lowest BCUT2D eigenvalue weighted by molar-refractivity contribution is -0.144. The molecule has 2 aliphatic rings. The van der Waals surface area contributed by atoms with Crippen LogP contribution in [0.4, 0.5) is 10.5 Å². The van der Waals surface area contributed by atoms with Gasteiger partial charge in [0.25, 0.3) is 11.8 Å². The van der Waals surface area contributed by atoms with Crippen molar-refractivity contribution in [3.63, 3.8) is 0 Å². The number of nitrogens with one attached hydrogen (secondary N) is 1. The molecule has 4 amide bonds. The molecule has 0 aliphatic carbocycles. The average molecular weight is 424 g/mol. The fraction of sp³-hybridized carbons (Fsp3) is 0.143. The highest BCUT2D eigenvalue weighted by Gasteiger charge is 2.37. The summed E-state index contributed by atoms with van der Waals surface area (Å²) in [7, 11) is 0. The molecule has 2 aromatic rings. The topological polar surface area (TPSA) is 131 Å². The molecule has 10 heteroatoms. The van der Waals surface area contributed by atoms with Gasteiger partial charge in [-0.15, -0.1) is 0 Å². The number of imide groups is 2. The van der Waals surface area contributed by atoms with E-state index in [-0.39, 0.29) is 18.1 Å². The van der Waals surface area contributed by atoms with E-state index in [4.69, 9.17) is 19.3 Å². The van der Waals surface area contributed by atoms with Crippen LogP contribution in [0.25, 0.3) is 6.08 Å². The van der Waals surface area contributed by atoms with E-state index < -0.39 is 29.9 Å². The van der Waals surface area contributed by atoms with Crippen molar-refractivity contribution in [1.82, 2.24) is 5.32 Å². The maximum absolute atomic E-state index is 13.0. The standard InChI is InChI=1S/C21H16N2O8/c1-11(20(26)27)31-14-5-2-12(3-6-14)8-15-18(24)22-21(28)23(19(15)25)13-4-7-16-17(9-13)30-10-29-16/h2-9,11H,10H2,1H3,(H,26,27)(H,22,24,28)/b15-8-/t11-/m0/s1. The average Bonchev–Trinajstić information content (AvgIpc) is 3.20. The highest BCUT2D eigenvalue weighted by molar-refractivity contribution is 6.39. The van der Waals surface area contributed by atoms with Crippen LogP contribution in [-0.4, -0.2) is 41.8 Å². The Bertz CT molecular complexity index is 1120. The lowest BCUT2D eigenvalue weighted by Gasteiger charge is -2.26. The maximum atomic E-state index is 13.0. The Morgan fingerprint density at radius 2 is 1.84 bits per heavy atom. The molecule has 1 fully saturated rings. The zero-order valence-corrected chi connectivity index (χ0v) is 16.2. The third-order valence-electron chi connectivity index (χ3n) is 4.57. The fourth-order valence-electron chi connectivity index (χ4n) is 2.98. The number of barbiturate groups is 1. The number of fused-ring (bicyclic) bond motifs is 1. The first kappa shape index (κ1) is 20.0. The van der Waals surface area contributed by atoms with Gasteiger partial charge in [0.2, 0.25) is 6.79 Å². The number of amides is 4. The van der Waals surface area contributed by atoms with Gasteiger partial charge in [-0.25, -0.2) is 14.5 Å². The normalized spacial score (nSPS) is 17.5. The summed E-state index contributed by atoms with van der Waals surface area (Å²) in [5.41, 5.74) is 0.454. The highest BCUT2D eigenvalue weighted by Crippen LogP contribution is 2.36. The van der Waals surface area contributed by atoms with E-state index in [9.17, 15) is 19.2 Å². The molecule has 1 saturated heterocycles. The van der Waals surface area contributed by atoms with Crippen LogP contribution in [0.2, 0.25) is 0 Å². The number of carboxylic acids is 1. The van der Waals surface area contributed by atoms with Gasteiger partial charge in [-0.05, 0) is 42.8 Å². The smallest absolute Gasteiger partial charge is 0.344 e. The Labute approximate surface area is 175 Å². The Hall–Kier alpha value is -4.34. The van der Waals surface area contributed by atoms with E-state index >= 15 is 0 Å². The monoisotopic (exact) mass is 424 g/mol. The first-order valence-corrected chi connectivity index (χ1v) is 9.14. The molecule has 158 valence electrons. The lowest BCUT2D eigenvalue weighted by atomic mass is 10.1. The van der Waals surface area contributed by atoms with Gasteiger partial charge in [0.05, 0.1) is 5.69 Å². The lowest BCUT2D eigenvalue weighted by Crippen LogP contribution is -2.54. The molecular formula is C21H16N2O8. The first-order valence-electron chi connectivity index (χ1n) is 9.14. The number of hydrogen-bond acceptors (Lipinski definition) is 7. The Morgan fingerprint density at radius 1 is 1.13 bits per heavy atom. The molecule has 0 spiro atoms. The van der Waals surface area contributed by atoms with Crippen LogP contribution in [0.1, 0.15) is 12.5 Å². The van der Waals surface area contributed by atoms with Crippen molar-refractivity contribution in [2.24, 2.45) is 0 Å². The summed E-state index contributed by atoms with van der Waals surface area (Å²) >= 11 is 0. The number of rotatable bonds is 5. The third-order valence-corrected chi connectivity index (χ3v) is 4.57. The maximum Gasteiger partial charge on any atom is 0.344 e. The van der Waals surface area contributed by atoms with E-state index in [1.165, 1.54) is 37.3 Å². The van der Waals surface area contributed by atoms with E-state index in [0.717, 1.165) is 4.90 Å². The number of aliphatic carboxylic acids is 1. The van der Waals surface area contributed by atoms with Crippen LogP contribution in [0.15, 0.2) is 48.0 Å². The number of carboxylic acid groups (broad SMARTS) is 1. The van der Waals surface area contributed by atoms with Gasteiger partial charge in [-0.2, -0.15) is 0 Å². The Balaban J connectivity index is 1.59. The third kappa shape index (κ3) is 3.90. The van der Waals surface area contributed by atoms with E-state index in [0.29, 0.717) is 22.8 Å². The summed E-state index contributed by atoms with van der Waals surface area (Å²) in [5.74, 6) is -1.55. The van der Waals surface area contributed by atoms with Gasteiger partial charge < -0.3 is 19.3 Å². The van der Waals surface area contributed by atoms with Crippen molar-refractivity contribution in [2.45, 2.75) is 13.0 Å². The second-order valence-electron chi connectivity index (χ2n) is 6.66. The molecule has 31 heavy (non-hydrogen) atoms. The number of nitrogens with zero attached hydrogens (tertiary/aromatic N) is 1. The van der Waals surface area contributed by atoms with Crippen molar-refractivity contribution in [3.05, 3.63) is 53.6 Å². The van der Waals surface area contributed by atoms with Gasteiger partial charge in [-0.3, -0.25) is 14.9 Å². The second-order valence-corrected chi connectivity index (χ2v) is 6.66. The predicted octanol–water partition coefficient (Wildman–Crippen LogP) is 1.93. The minimum atomic E-state index is -1.11. The van der Waals surface area contributed by atoms with Crippen LogP contribution in [0, 0.1) is 0 Å². The van der Waals surface area contributed by atoms with Gasteiger partial charge in [0.1, 0.15) is 11.3 Å². The number of benzene rings is 2. The SMILES string of the molecule is C[C@H](Oc1ccc(/C=C2/C(=O)NC(=O)N(c3ccc4c(c3)OCO4)C2=O)cc1)C(=O)O. The van der Waals surface area contributed by atoms with Crippen LogP contribution in [0.3, 0.4) is 0 Å². The summed E-state index contributed by atoms with van der Waals surface area (Å²) < 4.78 is 15.7. The number of carbonyl (C=O) groups excluding carboxylic acids is 3. The van der Waals surface area contributed by atoms with Crippen LogP contribution in [0.5, 0.6) is 17.2 Å². The summed E-state index contributed by atoms with van der Waals surface area (Å²) in [4.78, 5) is 49.3. The van der Waals surface area contributed by atoms with Crippen molar-refractivity contribution in [2.75, 3.05) is 11.7 Å². The largest absolute Gasteiger partial charge is 0.479 e. The van der Waals surface area contributed by atoms with Gasteiger partial charge >= 0.3 is 12.0 Å². The van der Waals surface area contributed by atoms with Gasteiger partial charge in [-0.1, -0.05) is 12.1 Å². The molecule has 0 bridgehead atoms. The number of anilines is 1. The zero-order valence-electron chi connectivity index (χ0n) is 16.2. The number of carbonyl (C=O) groups is 4. The molecule has 0 radical (unpaired) electrons. The fourth-order valence-corrected chi connectivity index (χ4v) is 2.98. The van der Waals surface area contributed by atoms with Crippen molar-refractivity contribution in [1.29, 1.82) is 0 Å². The minimum absolute atomic E-state index is 0.0352. The predicted molar refractivity (Wildman–Crippen MR) is 106 cm³/mol. The quantitative estimate of drug-likeness (QED) is 0.550. The highest BCUT2D eigenvalue weighted by atomic mass is 16.7. The van der Waals surface area contributed by atoms with Crippen molar-refractivity contribution in [3.8, 4) is 17.2 Å². The van der Waals surface area contributed by atoms with Crippen LogP contribution >= 0.6 is 0 Å². The van der Waals surface area contributed by atoms with Crippen LogP contribution < -0.4 is 24.4 Å². The molecule has 2 heterocycles. The Kier molecular flexibility index (Phi) is 5.04. The molecular weight excluding hydrogens is 408 g/mol. The molecule has 2 aromatic carbocycles. The van der Waals surface area contributed by atoms with Gasteiger partial charge in [0.15, 0.2) is 17.6 Å². The van der Waals surface area contributed by atoms with E-state index in [1.54, 1.807) is 18.2 Å². The molecule has 2 aliphatic heterocycles. The zero-order chi connectivity index (χ0) is 22.1. The minimum Gasteiger partial charge on any atom is -0.479 e. The van der Waals surface area contributed by atoms with E-state index in [1.807, 2.05) is 0 Å². The number of urea groups is 1. The number of ether oxygens (including phenoxy) is 3. The summed E-state index contributed by atoms with van der Waals surface area (Å²) in [6.45, 7) is 1.43. The summed E-state index contributed by atoms with van der Waals surface area (Å²) in [5, 5.41) is 11.0. The molecule has 2 N–H and O–H groups in total. The van der Waals surface area contributed by atoms with Crippen molar-refractivity contribution < 1.29 is 38.5 Å². The second kappa shape index (κ2) is 7.82. The Morgan fingerprint density at radius 3 is 2.55 bits per heavy atom. The first-order chi connectivity index (χ1) is 14.8. The molecule has 0 unspecified atom stereocenters. The molecule has 10 nitrogen and oxygen atoms in total. The molecule has 1 atom stereocenters. The number of hydrogen-bond donors (Lipinski definition) is 2. The summed E-state index contributed by atoms with van der Waals surface area (Å²) in [6, 6.07) is 9.80. The molecule has 0 saturated carbocycles. The summed E-state index contributed by atoms with van der Waals surface area (Å²) in [6.07, 6.45) is 0.297. The molecule has 0 aromatic heterocycles. The molecule has 4 rings (SSSR count). The van der Waals surface area contributed by atoms with Gasteiger partial charge in [0, 0.05) is 6.07 Å². The van der Waals surface area contributed by atoms with Crippen LogP contribution in [-0.2, 0) is 14.4 Å². The van der Waals surface area contributed by atoms with E-state index in [2.05, 4.69) is 5.32 Å². The van der Waals surface area contributed by atoms with Crippen molar-refractivity contribution >= 4 is 35.6 Å².